The van der Waals surface area contributed by atoms with Crippen molar-refractivity contribution in [3.05, 3.63) is 113 Å². The highest BCUT2D eigenvalue weighted by molar-refractivity contribution is 6.05. The first kappa shape index (κ1) is 29.8. The van der Waals surface area contributed by atoms with Crippen LogP contribution in [0.25, 0.3) is 10.8 Å². The van der Waals surface area contributed by atoms with Crippen molar-refractivity contribution in [2.45, 2.75) is 66.0 Å². The molecule has 2 N–H and O–H groups in total. The summed E-state index contributed by atoms with van der Waals surface area (Å²) in [4.78, 5) is 4.41. The number of amidine groups is 1. The number of rotatable bonds is 5. The molecule has 0 amide bonds. The summed E-state index contributed by atoms with van der Waals surface area (Å²) in [6.07, 6.45) is 2.97. The fourth-order valence-corrected chi connectivity index (χ4v) is 5.08. The van der Waals surface area contributed by atoms with Crippen LogP contribution in [0, 0.1) is 18.6 Å². The SMILES string of the molecule is CC.CCCC(CC)c1cc(F)cc(F)c1C.CN=C1NC(c2cccc3ccccc23)Nc2ccccc21. The quantitative estimate of drug-likeness (QED) is 0.270. The molecule has 0 aliphatic carbocycles. The van der Waals surface area contributed by atoms with Crippen LogP contribution in [0.5, 0.6) is 0 Å². The number of nitrogens with one attached hydrogen (secondary N) is 2. The highest BCUT2D eigenvalue weighted by Gasteiger charge is 2.23. The second kappa shape index (κ2) is 14.4. The Balaban J connectivity index is 0.000000218. The molecule has 5 rings (SSSR count). The average molecular weight is 530 g/mol. The van der Waals surface area contributed by atoms with Gasteiger partial charge in [0.2, 0.25) is 0 Å². The van der Waals surface area contributed by atoms with Crippen molar-refractivity contribution in [1.29, 1.82) is 0 Å². The maximum atomic E-state index is 13.3. The Bertz CT molecular complexity index is 1390. The molecule has 206 valence electrons. The minimum atomic E-state index is -0.470. The van der Waals surface area contributed by atoms with Crippen LogP contribution in [0.4, 0.5) is 14.5 Å². The second-order valence-corrected chi connectivity index (χ2v) is 9.40. The lowest BCUT2D eigenvalue weighted by atomic mass is 9.89. The van der Waals surface area contributed by atoms with Gasteiger partial charge in [-0.05, 0) is 65.8 Å². The van der Waals surface area contributed by atoms with E-state index < -0.39 is 11.6 Å². The van der Waals surface area contributed by atoms with Gasteiger partial charge in [-0.15, -0.1) is 0 Å². The maximum Gasteiger partial charge on any atom is 0.131 e. The Morgan fingerprint density at radius 2 is 1.56 bits per heavy atom. The van der Waals surface area contributed by atoms with E-state index in [1.54, 1.807) is 6.92 Å². The van der Waals surface area contributed by atoms with Crippen LogP contribution in [0.3, 0.4) is 0 Å². The summed E-state index contributed by atoms with van der Waals surface area (Å²) in [7, 11) is 1.82. The van der Waals surface area contributed by atoms with Gasteiger partial charge in [-0.2, -0.15) is 0 Å². The molecule has 0 radical (unpaired) electrons. The molecule has 4 aromatic carbocycles. The molecular formula is C34H41F2N3. The molecule has 0 bridgehead atoms. The summed E-state index contributed by atoms with van der Waals surface area (Å²) in [6, 6.07) is 25.6. The topological polar surface area (TPSA) is 36.4 Å². The number of benzene rings is 4. The van der Waals surface area contributed by atoms with E-state index in [4.69, 9.17) is 0 Å². The van der Waals surface area contributed by atoms with E-state index >= 15 is 0 Å². The largest absolute Gasteiger partial charge is 0.361 e. The van der Waals surface area contributed by atoms with Gasteiger partial charge in [0.05, 0.1) is 0 Å². The molecule has 5 heteroatoms. The Morgan fingerprint density at radius 1 is 0.872 bits per heavy atom. The molecule has 1 heterocycles. The molecule has 1 aliphatic heterocycles. The Labute approximate surface area is 232 Å². The zero-order chi connectivity index (χ0) is 28.4. The Hall–Kier alpha value is -3.73. The third kappa shape index (κ3) is 7.03. The minimum absolute atomic E-state index is 0.0136. The van der Waals surface area contributed by atoms with Crippen molar-refractivity contribution in [2.24, 2.45) is 4.99 Å². The van der Waals surface area contributed by atoms with E-state index in [1.165, 1.54) is 22.4 Å². The number of fused-ring (bicyclic) bond motifs is 2. The van der Waals surface area contributed by atoms with E-state index in [-0.39, 0.29) is 12.1 Å². The number of halogens is 2. The van der Waals surface area contributed by atoms with E-state index in [1.807, 2.05) is 33.0 Å². The molecule has 3 nitrogen and oxygen atoms in total. The van der Waals surface area contributed by atoms with Crippen molar-refractivity contribution < 1.29 is 8.78 Å². The molecule has 2 unspecified atom stereocenters. The maximum absolute atomic E-state index is 13.3. The average Bonchev–Trinajstić information content (AvgIpc) is 2.98. The molecule has 1 aliphatic rings. The van der Waals surface area contributed by atoms with Crippen LogP contribution in [0.2, 0.25) is 0 Å². The van der Waals surface area contributed by atoms with Crippen LogP contribution >= 0.6 is 0 Å². The van der Waals surface area contributed by atoms with Crippen LogP contribution in [0.15, 0.2) is 83.9 Å². The monoisotopic (exact) mass is 529 g/mol. The van der Waals surface area contributed by atoms with Gasteiger partial charge in [0, 0.05) is 29.9 Å². The normalized spacial score (nSPS) is 15.6. The predicted molar refractivity (Wildman–Crippen MR) is 163 cm³/mol. The minimum Gasteiger partial charge on any atom is -0.361 e. The molecule has 0 spiro atoms. The predicted octanol–water partition coefficient (Wildman–Crippen LogP) is 9.52. The summed E-state index contributed by atoms with van der Waals surface area (Å²) in [6.45, 7) is 9.87. The molecule has 0 saturated carbocycles. The third-order valence-electron chi connectivity index (χ3n) is 7.04. The standard InChI is InChI=1S/C19H17N3.C13H18F2.C2H6/c1-20-18-16-10-4-5-12-17(16)21-19(22-18)15-11-6-8-13-7-2-3-9-14(13)15;1-4-6-10(5-2)12-7-11(14)8-13(15)9(12)3;1-2/h2-12,19,21H,1H3,(H,20,22);7-8,10H,4-6H2,1-3H3;1-2H3. The first-order valence-corrected chi connectivity index (χ1v) is 14.0. The van der Waals surface area contributed by atoms with Gasteiger partial charge >= 0.3 is 0 Å². The Kier molecular flexibility index (Phi) is 11.0. The molecule has 0 fully saturated rings. The third-order valence-corrected chi connectivity index (χ3v) is 7.04. The molecule has 4 aromatic rings. The summed E-state index contributed by atoms with van der Waals surface area (Å²) in [5.74, 6) is 0.301. The molecule has 0 saturated heterocycles. The summed E-state index contributed by atoms with van der Waals surface area (Å²) >= 11 is 0. The number of hydrogen-bond acceptors (Lipinski definition) is 2. The lowest BCUT2D eigenvalue weighted by molar-refractivity contribution is 0.547. The van der Waals surface area contributed by atoms with Crippen LogP contribution in [0.1, 0.15) is 81.3 Å². The zero-order valence-corrected chi connectivity index (χ0v) is 24.0. The number of anilines is 1. The van der Waals surface area contributed by atoms with Gasteiger partial charge in [0.25, 0.3) is 0 Å². The van der Waals surface area contributed by atoms with Gasteiger partial charge in [-0.3, -0.25) is 4.99 Å². The molecular weight excluding hydrogens is 488 g/mol. The number of hydrogen-bond donors (Lipinski definition) is 2. The fraction of sp³-hybridized carbons (Fsp3) is 0.324. The van der Waals surface area contributed by atoms with Crippen LogP contribution < -0.4 is 10.6 Å². The highest BCUT2D eigenvalue weighted by Crippen LogP contribution is 2.31. The Morgan fingerprint density at radius 3 is 2.28 bits per heavy atom. The van der Waals surface area contributed by atoms with Crippen LogP contribution in [-0.2, 0) is 0 Å². The first-order chi connectivity index (χ1) is 19.0. The van der Waals surface area contributed by atoms with Gasteiger partial charge in [-0.1, -0.05) is 88.7 Å². The first-order valence-electron chi connectivity index (χ1n) is 14.0. The number of nitrogens with zero attached hydrogens (tertiary/aromatic N) is 1. The molecule has 0 aromatic heterocycles. The van der Waals surface area contributed by atoms with Gasteiger partial charge in [0.15, 0.2) is 0 Å². The van der Waals surface area contributed by atoms with Crippen molar-refractivity contribution in [3.63, 3.8) is 0 Å². The molecule has 39 heavy (non-hydrogen) atoms. The summed E-state index contributed by atoms with van der Waals surface area (Å²) < 4.78 is 26.4. The number of para-hydroxylation sites is 1. The second-order valence-electron chi connectivity index (χ2n) is 9.40. The van der Waals surface area contributed by atoms with Gasteiger partial charge in [-0.25, -0.2) is 8.78 Å². The number of aliphatic imine (C=N–C) groups is 1. The van der Waals surface area contributed by atoms with Crippen molar-refractivity contribution in [3.8, 4) is 0 Å². The van der Waals surface area contributed by atoms with Crippen molar-refractivity contribution in [2.75, 3.05) is 12.4 Å². The van der Waals surface area contributed by atoms with E-state index in [0.29, 0.717) is 5.56 Å². The van der Waals surface area contributed by atoms with Crippen molar-refractivity contribution in [1.82, 2.24) is 5.32 Å². The summed E-state index contributed by atoms with van der Waals surface area (Å²) in [5, 5.41) is 9.59. The summed E-state index contributed by atoms with van der Waals surface area (Å²) in [5.41, 5.74) is 4.88. The van der Waals surface area contributed by atoms with E-state index in [2.05, 4.69) is 84.1 Å². The fourth-order valence-electron chi connectivity index (χ4n) is 5.08. The lowest BCUT2D eigenvalue weighted by Gasteiger charge is -2.31. The van der Waals surface area contributed by atoms with Gasteiger partial charge in [0.1, 0.15) is 23.6 Å². The van der Waals surface area contributed by atoms with Gasteiger partial charge < -0.3 is 10.6 Å². The van der Waals surface area contributed by atoms with E-state index in [9.17, 15) is 8.78 Å². The smallest absolute Gasteiger partial charge is 0.131 e. The molecule has 2 atom stereocenters. The van der Waals surface area contributed by atoms with Crippen molar-refractivity contribution >= 4 is 22.3 Å². The lowest BCUT2D eigenvalue weighted by Crippen LogP contribution is -2.39. The van der Waals surface area contributed by atoms with E-state index in [0.717, 1.165) is 48.0 Å². The highest BCUT2D eigenvalue weighted by atomic mass is 19.1. The van der Waals surface area contributed by atoms with Crippen LogP contribution in [-0.4, -0.2) is 12.9 Å². The zero-order valence-electron chi connectivity index (χ0n) is 24.0.